The summed E-state index contributed by atoms with van der Waals surface area (Å²) in [7, 11) is 0. The Hall–Kier alpha value is -0.120. The van der Waals surface area contributed by atoms with Gasteiger partial charge in [-0.15, -0.1) is 0 Å². The fourth-order valence-corrected chi connectivity index (χ4v) is 3.89. The summed E-state index contributed by atoms with van der Waals surface area (Å²) in [6.07, 6.45) is 8.55. The minimum atomic E-state index is 0.772. The van der Waals surface area contributed by atoms with E-state index in [0.29, 0.717) is 0 Å². The summed E-state index contributed by atoms with van der Waals surface area (Å²) in [5.74, 6) is 1.82. The van der Waals surface area contributed by atoms with Gasteiger partial charge in [-0.25, -0.2) is 0 Å². The van der Waals surface area contributed by atoms with Gasteiger partial charge in [0.15, 0.2) is 0 Å². The maximum absolute atomic E-state index is 5.96. The van der Waals surface area contributed by atoms with Gasteiger partial charge in [0.1, 0.15) is 0 Å². The van der Waals surface area contributed by atoms with Gasteiger partial charge in [-0.3, -0.25) is 4.90 Å². The fourth-order valence-electron chi connectivity index (χ4n) is 3.89. The van der Waals surface area contributed by atoms with Crippen LogP contribution in [-0.4, -0.2) is 55.1 Å². The minimum Gasteiger partial charge on any atom is -0.330 e. The Morgan fingerprint density at radius 1 is 0.889 bits per heavy atom. The molecule has 1 saturated heterocycles. The molecule has 1 aliphatic heterocycles. The Morgan fingerprint density at radius 3 is 2.28 bits per heavy atom. The van der Waals surface area contributed by atoms with Gasteiger partial charge in [0.2, 0.25) is 0 Å². The molecule has 3 nitrogen and oxygen atoms in total. The summed E-state index contributed by atoms with van der Waals surface area (Å²) in [6.45, 7) is 7.43. The van der Waals surface area contributed by atoms with E-state index in [-0.39, 0.29) is 0 Å². The molecule has 2 aliphatic carbocycles. The molecule has 0 amide bonds. The summed E-state index contributed by atoms with van der Waals surface area (Å²) >= 11 is 0. The van der Waals surface area contributed by atoms with Gasteiger partial charge in [-0.05, 0) is 44.1 Å². The summed E-state index contributed by atoms with van der Waals surface area (Å²) < 4.78 is 0. The van der Waals surface area contributed by atoms with Gasteiger partial charge in [0.05, 0.1) is 0 Å². The second-order valence-corrected chi connectivity index (χ2v) is 6.63. The Morgan fingerprint density at radius 2 is 1.61 bits per heavy atom. The van der Waals surface area contributed by atoms with Crippen LogP contribution in [0.25, 0.3) is 0 Å². The SMILES string of the molecule is NCC1CCCCC1N1CCN(CC2CC2)CC1. The Kier molecular flexibility index (Phi) is 4.22. The molecule has 3 rings (SSSR count). The van der Waals surface area contributed by atoms with E-state index < -0.39 is 0 Å². The quantitative estimate of drug-likeness (QED) is 0.822. The summed E-state index contributed by atoms with van der Waals surface area (Å²) in [5.41, 5.74) is 5.96. The van der Waals surface area contributed by atoms with Crippen LogP contribution in [0.5, 0.6) is 0 Å². The molecule has 2 atom stereocenters. The number of hydrogen-bond donors (Lipinski definition) is 1. The van der Waals surface area contributed by atoms with Crippen LogP contribution in [0.4, 0.5) is 0 Å². The van der Waals surface area contributed by atoms with Crippen molar-refractivity contribution >= 4 is 0 Å². The monoisotopic (exact) mass is 251 g/mol. The van der Waals surface area contributed by atoms with Crippen LogP contribution in [0.1, 0.15) is 38.5 Å². The normalized spacial score (nSPS) is 35.8. The lowest BCUT2D eigenvalue weighted by Gasteiger charge is -2.44. The average Bonchev–Trinajstić information content (AvgIpc) is 3.24. The van der Waals surface area contributed by atoms with Crippen LogP contribution in [0.3, 0.4) is 0 Å². The zero-order valence-corrected chi connectivity index (χ0v) is 11.7. The van der Waals surface area contributed by atoms with Gasteiger partial charge in [0.25, 0.3) is 0 Å². The largest absolute Gasteiger partial charge is 0.330 e. The smallest absolute Gasteiger partial charge is 0.0137 e. The third-order valence-corrected chi connectivity index (χ3v) is 5.26. The minimum absolute atomic E-state index is 0.772. The molecule has 18 heavy (non-hydrogen) atoms. The van der Waals surface area contributed by atoms with E-state index in [9.17, 15) is 0 Å². The van der Waals surface area contributed by atoms with E-state index in [2.05, 4.69) is 9.80 Å². The first-order chi connectivity index (χ1) is 8.86. The van der Waals surface area contributed by atoms with Crippen LogP contribution in [0, 0.1) is 11.8 Å². The highest BCUT2D eigenvalue weighted by Gasteiger charge is 2.32. The van der Waals surface area contributed by atoms with Crippen molar-refractivity contribution in [2.24, 2.45) is 17.6 Å². The van der Waals surface area contributed by atoms with Gasteiger partial charge in [0, 0.05) is 38.8 Å². The average molecular weight is 251 g/mol. The third-order valence-electron chi connectivity index (χ3n) is 5.26. The van der Waals surface area contributed by atoms with E-state index in [1.807, 2.05) is 0 Å². The zero-order valence-electron chi connectivity index (χ0n) is 11.7. The van der Waals surface area contributed by atoms with Crippen molar-refractivity contribution < 1.29 is 0 Å². The maximum atomic E-state index is 5.96. The fraction of sp³-hybridized carbons (Fsp3) is 1.00. The molecular weight excluding hydrogens is 222 g/mol. The lowest BCUT2D eigenvalue weighted by atomic mass is 9.83. The molecule has 0 spiro atoms. The Labute approximate surface area is 112 Å². The second kappa shape index (κ2) is 5.89. The number of hydrogen-bond acceptors (Lipinski definition) is 3. The number of nitrogens with two attached hydrogens (primary N) is 1. The molecule has 2 N–H and O–H groups in total. The standard InChI is InChI=1S/C15H29N3/c16-11-14-3-1-2-4-15(14)18-9-7-17(8-10-18)12-13-5-6-13/h13-15H,1-12,16H2. The molecule has 3 heteroatoms. The molecular formula is C15H29N3. The highest BCUT2D eigenvalue weighted by molar-refractivity contribution is 4.88. The van der Waals surface area contributed by atoms with Crippen LogP contribution in [-0.2, 0) is 0 Å². The molecule has 3 aliphatic rings. The highest BCUT2D eigenvalue weighted by Crippen LogP contribution is 2.31. The Bertz CT molecular complexity index is 256. The first-order valence-corrected chi connectivity index (χ1v) is 8.03. The molecule has 0 bridgehead atoms. The van der Waals surface area contributed by atoms with Crippen molar-refractivity contribution in [3.05, 3.63) is 0 Å². The molecule has 2 saturated carbocycles. The van der Waals surface area contributed by atoms with Crippen LogP contribution in [0.15, 0.2) is 0 Å². The number of piperazine rings is 1. The summed E-state index contributed by atoms with van der Waals surface area (Å²) in [5, 5.41) is 0. The van der Waals surface area contributed by atoms with Crippen molar-refractivity contribution in [1.82, 2.24) is 9.80 Å². The maximum Gasteiger partial charge on any atom is 0.0137 e. The molecule has 0 aromatic carbocycles. The van der Waals surface area contributed by atoms with Crippen molar-refractivity contribution in [3.8, 4) is 0 Å². The lowest BCUT2D eigenvalue weighted by molar-refractivity contribution is 0.0503. The Balaban J connectivity index is 1.48. The summed E-state index contributed by atoms with van der Waals surface area (Å²) in [6, 6.07) is 0.798. The predicted octanol–water partition coefficient (Wildman–Crippen LogP) is 1.53. The lowest BCUT2D eigenvalue weighted by Crippen LogP contribution is -2.54. The molecule has 2 unspecified atom stereocenters. The molecule has 3 fully saturated rings. The van der Waals surface area contributed by atoms with Gasteiger partial charge >= 0.3 is 0 Å². The first-order valence-electron chi connectivity index (χ1n) is 8.03. The van der Waals surface area contributed by atoms with E-state index in [4.69, 9.17) is 5.73 Å². The van der Waals surface area contributed by atoms with Crippen LogP contribution in [0.2, 0.25) is 0 Å². The van der Waals surface area contributed by atoms with Crippen molar-refractivity contribution in [1.29, 1.82) is 0 Å². The van der Waals surface area contributed by atoms with Crippen LogP contribution < -0.4 is 5.73 Å². The van der Waals surface area contributed by atoms with Gasteiger partial charge < -0.3 is 10.6 Å². The topological polar surface area (TPSA) is 32.5 Å². The van der Waals surface area contributed by atoms with E-state index in [1.165, 1.54) is 71.2 Å². The van der Waals surface area contributed by atoms with E-state index >= 15 is 0 Å². The van der Waals surface area contributed by atoms with Crippen molar-refractivity contribution in [3.63, 3.8) is 0 Å². The summed E-state index contributed by atoms with van der Waals surface area (Å²) in [4.78, 5) is 5.44. The molecule has 0 aromatic rings. The molecule has 104 valence electrons. The van der Waals surface area contributed by atoms with Gasteiger partial charge in [-0.2, -0.15) is 0 Å². The van der Waals surface area contributed by atoms with Gasteiger partial charge in [-0.1, -0.05) is 12.8 Å². The molecule has 0 aromatic heterocycles. The highest BCUT2D eigenvalue weighted by atomic mass is 15.3. The van der Waals surface area contributed by atoms with Crippen molar-refractivity contribution in [2.75, 3.05) is 39.3 Å². The predicted molar refractivity (Wildman–Crippen MR) is 75.5 cm³/mol. The van der Waals surface area contributed by atoms with Crippen LogP contribution >= 0.6 is 0 Å². The third kappa shape index (κ3) is 3.06. The number of nitrogens with zero attached hydrogens (tertiary/aromatic N) is 2. The molecule has 0 radical (unpaired) electrons. The number of rotatable bonds is 4. The van der Waals surface area contributed by atoms with E-state index in [1.54, 1.807) is 0 Å². The van der Waals surface area contributed by atoms with E-state index in [0.717, 1.165) is 24.4 Å². The second-order valence-electron chi connectivity index (χ2n) is 6.63. The van der Waals surface area contributed by atoms with Crippen molar-refractivity contribution in [2.45, 2.75) is 44.6 Å². The zero-order chi connectivity index (χ0) is 12.4. The molecule has 1 heterocycles. The first kappa shape index (κ1) is 12.9.